The van der Waals surface area contributed by atoms with Gasteiger partial charge in [-0.15, -0.1) is 5.10 Å². The number of fused-ring (bicyclic) bond motifs is 3. The Morgan fingerprint density at radius 2 is 1.76 bits per heavy atom. The van der Waals surface area contributed by atoms with Crippen molar-refractivity contribution in [3.8, 4) is 22.8 Å². The maximum absolute atomic E-state index is 13.9. The maximum atomic E-state index is 13.9. The minimum absolute atomic E-state index is 0.0125. The van der Waals surface area contributed by atoms with Gasteiger partial charge in [-0.2, -0.15) is 5.10 Å². The lowest BCUT2D eigenvalue weighted by atomic mass is 10.1. The third kappa shape index (κ3) is 3.53. The Labute approximate surface area is 191 Å². The molecule has 34 heavy (non-hydrogen) atoms. The summed E-state index contributed by atoms with van der Waals surface area (Å²) in [6, 6.07) is 20.4. The van der Waals surface area contributed by atoms with Crippen LogP contribution in [0.25, 0.3) is 33.8 Å². The molecule has 9 heteroatoms. The highest BCUT2D eigenvalue weighted by Gasteiger charge is 2.15. The molecule has 0 saturated carbocycles. The van der Waals surface area contributed by atoms with Crippen molar-refractivity contribution in [2.75, 3.05) is 0 Å². The molecule has 0 atom stereocenters. The molecule has 6 rings (SSSR count). The molecule has 0 N–H and O–H groups in total. The molecule has 0 saturated heterocycles. The number of hydrogen-bond donors (Lipinski definition) is 0. The van der Waals surface area contributed by atoms with Crippen LogP contribution in [0.2, 0.25) is 0 Å². The summed E-state index contributed by atoms with van der Waals surface area (Å²) < 4.78 is 35.9. The lowest BCUT2D eigenvalue weighted by Crippen LogP contribution is -1.98. The number of aromatic nitrogens is 6. The average molecular weight is 454 g/mol. The second-order valence-corrected chi connectivity index (χ2v) is 7.64. The Bertz CT molecular complexity index is 1640. The molecule has 6 aromatic rings. The zero-order valence-corrected chi connectivity index (χ0v) is 17.6. The van der Waals surface area contributed by atoms with Gasteiger partial charge in [-0.1, -0.05) is 36.4 Å². The molecule has 0 aliphatic carbocycles. The first-order valence-electron chi connectivity index (χ1n) is 10.5. The second-order valence-electron chi connectivity index (χ2n) is 7.64. The first kappa shape index (κ1) is 20.0. The summed E-state index contributed by atoms with van der Waals surface area (Å²) in [4.78, 5) is 9.24. The number of hydrogen-bond acceptors (Lipinski definition) is 5. The fourth-order valence-corrected chi connectivity index (χ4v) is 3.75. The van der Waals surface area contributed by atoms with Crippen molar-refractivity contribution in [3.05, 3.63) is 103 Å². The van der Waals surface area contributed by atoms with Crippen LogP contribution < -0.4 is 4.74 Å². The first-order valence-corrected chi connectivity index (χ1v) is 10.5. The molecule has 0 aliphatic heterocycles. The van der Waals surface area contributed by atoms with E-state index >= 15 is 0 Å². The van der Waals surface area contributed by atoms with Crippen molar-refractivity contribution in [1.29, 1.82) is 0 Å². The van der Waals surface area contributed by atoms with Crippen LogP contribution >= 0.6 is 0 Å². The molecule has 0 bridgehead atoms. The van der Waals surface area contributed by atoms with Crippen LogP contribution in [0.4, 0.5) is 8.78 Å². The van der Waals surface area contributed by atoms with Crippen molar-refractivity contribution in [3.63, 3.8) is 0 Å². The van der Waals surface area contributed by atoms with Crippen molar-refractivity contribution in [1.82, 2.24) is 29.4 Å². The molecular formula is C25H16F2N6O. The van der Waals surface area contributed by atoms with E-state index in [2.05, 4.69) is 15.2 Å². The third-order valence-corrected chi connectivity index (χ3v) is 5.38. The molecule has 3 heterocycles. The highest BCUT2D eigenvalue weighted by molar-refractivity contribution is 5.90. The van der Waals surface area contributed by atoms with E-state index in [0.717, 1.165) is 34.3 Å². The van der Waals surface area contributed by atoms with Gasteiger partial charge in [0.05, 0.1) is 17.3 Å². The minimum atomic E-state index is -0.745. The fourth-order valence-electron chi connectivity index (χ4n) is 3.75. The van der Waals surface area contributed by atoms with Crippen molar-refractivity contribution in [2.24, 2.45) is 0 Å². The smallest absolute Gasteiger partial charge is 0.182 e. The standard InChI is InChI=1S/C25H16F2N6O/c26-18-9-10-22(21(27)12-18)34-14-16-5-4-6-17(11-16)23-30-25-20-13-29-33(19-7-2-1-3-8-19)24(20)28-15-32(25)31-23/h1-13,15H,14H2. The van der Waals surface area contributed by atoms with Gasteiger partial charge in [0.1, 0.15) is 18.8 Å². The number of benzene rings is 3. The van der Waals surface area contributed by atoms with Gasteiger partial charge in [0.2, 0.25) is 0 Å². The fraction of sp³-hybridized carbons (Fsp3) is 0.0400. The molecule has 0 amide bonds. The topological polar surface area (TPSA) is 70.1 Å². The monoisotopic (exact) mass is 454 g/mol. The van der Waals surface area contributed by atoms with Crippen LogP contribution in [0, 0.1) is 11.6 Å². The molecule has 3 aromatic carbocycles. The van der Waals surface area contributed by atoms with Crippen LogP contribution in [-0.4, -0.2) is 29.4 Å². The number of nitrogens with zero attached hydrogens (tertiary/aromatic N) is 6. The first-order chi connectivity index (χ1) is 16.7. The normalized spacial score (nSPS) is 11.4. The summed E-state index contributed by atoms with van der Waals surface area (Å²) in [5.41, 5.74) is 3.78. The maximum Gasteiger partial charge on any atom is 0.182 e. The van der Waals surface area contributed by atoms with Crippen LogP contribution in [0.3, 0.4) is 0 Å². The Balaban J connectivity index is 1.32. The van der Waals surface area contributed by atoms with E-state index in [1.165, 1.54) is 6.07 Å². The van der Waals surface area contributed by atoms with Gasteiger partial charge in [0.15, 0.2) is 28.7 Å². The Hall–Kier alpha value is -4.66. The van der Waals surface area contributed by atoms with Crippen molar-refractivity contribution < 1.29 is 13.5 Å². The summed E-state index contributed by atoms with van der Waals surface area (Å²) in [6.45, 7) is 0.111. The predicted octanol–water partition coefficient (Wildman–Crippen LogP) is 4.99. The predicted molar refractivity (Wildman–Crippen MR) is 122 cm³/mol. The number of para-hydroxylation sites is 1. The molecule has 0 fully saturated rings. The van der Waals surface area contributed by atoms with Gasteiger partial charge in [0, 0.05) is 11.6 Å². The van der Waals surface area contributed by atoms with Crippen molar-refractivity contribution >= 4 is 16.7 Å². The van der Waals surface area contributed by atoms with E-state index in [0.29, 0.717) is 17.1 Å². The van der Waals surface area contributed by atoms with Crippen molar-refractivity contribution in [2.45, 2.75) is 6.61 Å². The zero-order valence-electron chi connectivity index (χ0n) is 17.6. The number of halogens is 2. The average Bonchev–Trinajstić information content (AvgIpc) is 3.48. The third-order valence-electron chi connectivity index (χ3n) is 5.38. The SMILES string of the molecule is Fc1ccc(OCc2cccc(-c3nc4c5cnn(-c6ccccc6)c5ncn4n3)c2)c(F)c1. The molecule has 3 aromatic heterocycles. The number of ether oxygens (including phenoxy) is 1. The van der Waals surface area contributed by atoms with Crippen LogP contribution in [-0.2, 0) is 6.61 Å². The Kier molecular flexibility index (Phi) is 4.72. The molecule has 0 spiro atoms. The summed E-state index contributed by atoms with van der Waals surface area (Å²) in [5, 5.41) is 9.82. The second kappa shape index (κ2) is 8.04. The molecule has 166 valence electrons. The molecule has 0 radical (unpaired) electrons. The Morgan fingerprint density at radius 1 is 0.882 bits per heavy atom. The van der Waals surface area contributed by atoms with Gasteiger partial charge in [-0.3, -0.25) is 0 Å². The van der Waals surface area contributed by atoms with Crippen LogP contribution in [0.15, 0.2) is 85.3 Å². The van der Waals surface area contributed by atoms with Gasteiger partial charge < -0.3 is 4.74 Å². The molecule has 7 nitrogen and oxygen atoms in total. The van der Waals surface area contributed by atoms with E-state index in [-0.39, 0.29) is 12.4 Å². The summed E-state index contributed by atoms with van der Waals surface area (Å²) in [7, 11) is 0. The van der Waals surface area contributed by atoms with Gasteiger partial charge in [0.25, 0.3) is 0 Å². The van der Waals surface area contributed by atoms with Crippen LogP contribution in [0.1, 0.15) is 5.56 Å². The van der Waals surface area contributed by atoms with E-state index in [1.54, 1.807) is 21.7 Å². The van der Waals surface area contributed by atoms with E-state index in [4.69, 9.17) is 9.72 Å². The lowest BCUT2D eigenvalue weighted by Gasteiger charge is -2.08. The zero-order chi connectivity index (χ0) is 23.1. The van der Waals surface area contributed by atoms with E-state index in [9.17, 15) is 8.78 Å². The number of rotatable bonds is 5. The summed E-state index contributed by atoms with van der Waals surface area (Å²) in [6.07, 6.45) is 3.34. The van der Waals surface area contributed by atoms with Gasteiger partial charge in [-0.05, 0) is 35.9 Å². The minimum Gasteiger partial charge on any atom is -0.486 e. The van der Waals surface area contributed by atoms with Gasteiger partial charge >= 0.3 is 0 Å². The highest BCUT2D eigenvalue weighted by Crippen LogP contribution is 2.24. The summed E-state index contributed by atoms with van der Waals surface area (Å²) >= 11 is 0. The molecule has 0 aliphatic rings. The van der Waals surface area contributed by atoms with E-state index in [1.807, 2.05) is 54.6 Å². The van der Waals surface area contributed by atoms with Crippen LogP contribution in [0.5, 0.6) is 5.75 Å². The van der Waals surface area contributed by atoms with E-state index < -0.39 is 11.6 Å². The Morgan fingerprint density at radius 3 is 2.62 bits per heavy atom. The lowest BCUT2D eigenvalue weighted by molar-refractivity contribution is 0.289. The van der Waals surface area contributed by atoms with Gasteiger partial charge in [-0.25, -0.2) is 27.9 Å². The molecular weight excluding hydrogens is 438 g/mol. The highest BCUT2D eigenvalue weighted by atomic mass is 19.1. The molecule has 0 unspecified atom stereocenters. The quantitative estimate of drug-likeness (QED) is 0.367. The largest absolute Gasteiger partial charge is 0.486 e. The summed E-state index contributed by atoms with van der Waals surface area (Å²) in [5.74, 6) is -0.897.